The van der Waals surface area contributed by atoms with E-state index in [1.807, 2.05) is 36.4 Å². The maximum absolute atomic E-state index is 12.9. The number of nitrogens with zero attached hydrogens (tertiary/aromatic N) is 2. The van der Waals surface area contributed by atoms with Crippen molar-refractivity contribution in [3.63, 3.8) is 0 Å². The number of hydrogen-bond acceptors (Lipinski definition) is 4. The van der Waals surface area contributed by atoms with E-state index in [0.29, 0.717) is 26.1 Å². The summed E-state index contributed by atoms with van der Waals surface area (Å²) in [6.45, 7) is 4.35. The number of nitrogens with one attached hydrogen (secondary N) is 1. The van der Waals surface area contributed by atoms with E-state index in [0.717, 1.165) is 38.0 Å². The maximum Gasteiger partial charge on any atom is 0.242 e. The summed E-state index contributed by atoms with van der Waals surface area (Å²) in [7, 11) is 0. The summed E-state index contributed by atoms with van der Waals surface area (Å²) in [5, 5.41) is 3.04. The lowest BCUT2D eigenvalue weighted by Gasteiger charge is -2.33. The molecule has 0 spiro atoms. The minimum atomic E-state index is -0.375. The fourth-order valence-electron chi connectivity index (χ4n) is 4.43. The summed E-state index contributed by atoms with van der Waals surface area (Å²) in [5.41, 5.74) is 2.26. The van der Waals surface area contributed by atoms with E-state index in [-0.39, 0.29) is 24.0 Å². The third-order valence-electron chi connectivity index (χ3n) is 6.05. The number of hydrogen-bond donors (Lipinski definition) is 1. The zero-order valence-electron chi connectivity index (χ0n) is 17.9. The Kier molecular flexibility index (Phi) is 7.33. The smallest absolute Gasteiger partial charge is 0.242 e. The second-order valence-electron chi connectivity index (χ2n) is 8.37. The first kappa shape index (κ1) is 21.5. The van der Waals surface area contributed by atoms with E-state index in [9.17, 15) is 9.59 Å². The van der Waals surface area contributed by atoms with Gasteiger partial charge in [0.2, 0.25) is 11.8 Å². The highest BCUT2D eigenvalue weighted by molar-refractivity contribution is 5.89. The molecule has 0 saturated carbocycles. The normalized spacial score (nSPS) is 21.7. The number of amides is 2. The van der Waals surface area contributed by atoms with Crippen molar-refractivity contribution < 1.29 is 14.3 Å². The molecule has 2 aliphatic heterocycles. The molecular weight excluding hydrogens is 390 g/mol. The molecule has 2 aromatic carbocycles. The molecule has 2 fully saturated rings. The molecule has 164 valence electrons. The molecule has 0 aliphatic carbocycles. The van der Waals surface area contributed by atoms with Crippen LogP contribution in [0.5, 0.6) is 0 Å². The van der Waals surface area contributed by atoms with Crippen molar-refractivity contribution in [2.24, 2.45) is 0 Å². The van der Waals surface area contributed by atoms with Crippen LogP contribution in [0.25, 0.3) is 0 Å². The number of morpholine rings is 1. The predicted octanol–water partition coefficient (Wildman–Crippen LogP) is 2.24. The number of carbonyl (C=O) groups excluding carboxylic acids is 2. The van der Waals surface area contributed by atoms with Crippen LogP contribution in [0, 0.1) is 0 Å². The Morgan fingerprint density at radius 3 is 2.42 bits per heavy atom. The zero-order valence-corrected chi connectivity index (χ0v) is 17.9. The average molecular weight is 422 g/mol. The summed E-state index contributed by atoms with van der Waals surface area (Å²) in [4.78, 5) is 29.7. The van der Waals surface area contributed by atoms with Gasteiger partial charge < -0.3 is 15.0 Å². The van der Waals surface area contributed by atoms with E-state index < -0.39 is 0 Å². The fraction of sp³-hybridized carbons (Fsp3) is 0.440. The lowest BCUT2D eigenvalue weighted by atomic mass is 10.1. The van der Waals surface area contributed by atoms with Gasteiger partial charge in [0.1, 0.15) is 6.04 Å². The summed E-state index contributed by atoms with van der Waals surface area (Å²) < 4.78 is 5.88. The fourth-order valence-corrected chi connectivity index (χ4v) is 4.43. The van der Waals surface area contributed by atoms with Gasteiger partial charge in [0.05, 0.1) is 19.1 Å². The molecule has 31 heavy (non-hydrogen) atoms. The lowest BCUT2D eigenvalue weighted by molar-refractivity contribution is -0.138. The van der Waals surface area contributed by atoms with Crippen LogP contribution in [0.3, 0.4) is 0 Å². The maximum atomic E-state index is 12.9. The van der Waals surface area contributed by atoms with Crippen molar-refractivity contribution in [2.75, 3.05) is 32.8 Å². The van der Waals surface area contributed by atoms with Crippen LogP contribution >= 0.6 is 0 Å². The Balaban J connectivity index is 1.26. The SMILES string of the molecule is O=C(NCC1CN(Cc2ccccc2)CCO1)C1CCCN1C(=O)Cc1ccccc1. The van der Waals surface area contributed by atoms with Crippen molar-refractivity contribution in [2.45, 2.75) is 38.0 Å². The van der Waals surface area contributed by atoms with Crippen LogP contribution in [0.4, 0.5) is 0 Å². The van der Waals surface area contributed by atoms with Crippen LogP contribution in [0.1, 0.15) is 24.0 Å². The highest BCUT2D eigenvalue weighted by Crippen LogP contribution is 2.19. The first-order valence-electron chi connectivity index (χ1n) is 11.2. The minimum absolute atomic E-state index is 0.0202. The van der Waals surface area contributed by atoms with Crippen LogP contribution in [0.2, 0.25) is 0 Å². The van der Waals surface area contributed by atoms with E-state index in [4.69, 9.17) is 4.74 Å². The van der Waals surface area contributed by atoms with Gasteiger partial charge in [-0.05, 0) is 24.0 Å². The quantitative estimate of drug-likeness (QED) is 0.745. The number of rotatable bonds is 7. The molecule has 6 heteroatoms. The molecule has 2 heterocycles. The zero-order chi connectivity index (χ0) is 21.5. The standard InChI is InChI=1S/C25H31N3O3/c29-24(16-20-8-3-1-4-9-20)28-13-7-12-23(28)25(30)26-17-22-19-27(14-15-31-22)18-21-10-5-2-6-11-21/h1-6,8-11,22-23H,7,12-19H2,(H,26,30). The molecule has 6 nitrogen and oxygen atoms in total. The van der Waals surface area contributed by atoms with Crippen LogP contribution in [-0.4, -0.2) is 66.5 Å². The van der Waals surface area contributed by atoms with Gasteiger partial charge in [0.25, 0.3) is 0 Å². The Hall–Kier alpha value is -2.70. The van der Waals surface area contributed by atoms with Crippen molar-refractivity contribution in [3.05, 3.63) is 71.8 Å². The average Bonchev–Trinajstić information content (AvgIpc) is 3.29. The molecule has 2 atom stereocenters. The molecule has 2 aliphatic rings. The number of likely N-dealkylation sites (tertiary alicyclic amines) is 1. The van der Waals surface area contributed by atoms with Gasteiger partial charge in [-0.1, -0.05) is 60.7 Å². The van der Waals surface area contributed by atoms with Crippen molar-refractivity contribution in [1.82, 2.24) is 15.1 Å². The summed E-state index contributed by atoms with van der Waals surface area (Å²) in [5.74, 6) is -0.0468. The van der Waals surface area contributed by atoms with Gasteiger partial charge in [0, 0.05) is 32.7 Å². The minimum Gasteiger partial charge on any atom is -0.374 e. The number of carbonyl (C=O) groups is 2. The topological polar surface area (TPSA) is 61.9 Å². The molecule has 1 N–H and O–H groups in total. The monoisotopic (exact) mass is 421 g/mol. The van der Waals surface area contributed by atoms with Gasteiger partial charge in [0.15, 0.2) is 0 Å². The first-order valence-corrected chi connectivity index (χ1v) is 11.2. The van der Waals surface area contributed by atoms with Crippen molar-refractivity contribution in [3.8, 4) is 0 Å². The molecule has 0 radical (unpaired) electrons. The highest BCUT2D eigenvalue weighted by Gasteiger charge is 2.34. The Labute approximate surface area is 184 Å². The van der Waals surface area contributed by atoms with E-state index in [1.165, 1.54) is 5.56 Å². The first-order chi connectivity index (χ1) is 15.2. The number of ether oxygens (including phenoxy) is 1. The Morgan fingerprint density at radius 1 is 0.968 bits per heavy atom. The lowest BCUT2D eigenvalue weighted by Crippen LogP contribution is -2.51. The summed E-state index contributed by atoms with van der Waals surface area (Å²) >= 11 is 0. The predicted molar refractivity (Wildman–Crippen MR) is 119 cm³/mol. The largest absolute Gasteiger partial charge is 0.374 e. The van der Waals surface area contributed by atoms with Crippen LogP contribution in [-0.2, 0) is 27.3 Å². The molecular formula is C25H31N3O3. The third-order valence-corrected chi connectivity index (χ3v) is 6.05. The molecule has 2 aromatic rings. The van der Waals surface area contributed by atoms with Gasteiger partial charge in [-0.2, -0.15) is 0 Å². The molecule has 4 rings (SSSR count). The van der Waals surface area contributed by atoms with E-state index in [2.05, 4.69) is 34.5 Å². The second-order valence-corrected chi connectivity index (χ2v) is 8.37. The summed E-state index contributed by atoms with van der Waals surface area (Å²) in [6.07, 6.45) is 1.89. The van der Waals surface area contributed by atoms with E-state index in [1.54, 1.807) is 4.90 Å². The van der Waals surface area contributed by atoms with Gasteiger partial charge in [-0.3, -0.25) is 14.5 Å². The van der Waals surface area contributed by atoms with Gasteiger partial charge >= 0.3 is 0 Å². The molecule has 0 bridgehead atoms. The highest BCUT2D eigenvalue weighted by atomic mass is 16.5. The Bertz CT molecular complexity index is 859. The molecule has 2 amide bonds. The van der Waals surface area contributed by atoms with Crippen LogP contribution < -0.4 is 5.32 Å². The molecule has 2 saturated heterocycles. The Morgan fingerprint density at radius 2 is 1.68 bits per heavy atom. The molecule has 2 unspecified atom stereocenters. The summed E-state index contributed by atoms with van der Waals surface area (Å²) in [6, 6.07) is 19.7. The van der Waals surface area contributed by atoms with Gasteiger partial charge in [-0.15, -0.1) is 0 Å². The third kappa shape index (κ3) is 5.93. The van der Waals surface area contributed by atoms with Crippen molar-refractivity contribution >= 4 is 11.8 Å². The molecule has 0 aromatic heterocycles. The van der Waals surface area contributed by atoms with Crippen LogP contribution in [0.15, 0.2) is 60.7 Å². The second kappa shape index (κ2) is 10.6. The van der Waals surface area contributed by atoms with Gasteiger partial charge in [-0.25, -0.2) is 0 Å². The van der Waals surface area contributed by atoms with E-state index >= 15 is 0 Å². The van der Waals surface area contributed by atoms with Crippen molar-refractivity contribution in [1.29, 1.82) is 0 Å². The number of benzene rings is 2.